The molecule has 1 aromatic carbocycles. The van der Waals surface area contributed by atoms with Gasteiger partial charge in [-0.05, 0) is 64.8 Å². The first-order chi connectivity index (χ1) is 10.1. The van der Waals surface area contributed by atoms with Crippen LogP contribution in [0.5, 0.6) is 5.75 Å². The van der Waals surface area contributed by atoms with Crippen LogP contribution in [0.25, 0.3) is 0 Å². The molecule has 0 spiro atoms. The Morgan fingerprint density at radius 3 is 2.48 bits per heavy atom. The number of ether oxygens (including phenoxy) is 1. The van der Waals surface area contributed by atoms with Crippen molar-refractivity contribution in [2.45, 2.75) is 58.7 Å². The van der Waals surface area contributed by atoms with Crippen LogP contribution < -0.4 is 10.1 Å². The highest BCUT2D eigenvalue weighted by atomic mass is 16.5. The molecule has 0 bridgehead atoms. The maximum absolute atomic E-state index is 5.53. The number of benzene rings is 1. The Morgan fingerprint density at radius 2 is 1.95 bits per heavy atom. The Labute approximate surface area is 129 Å². The van der Waals surface area contributed by atoms with Gasteiger partial charge in [0.25, 0.3) is 0 Å². The van der Waals surface area contributed by atoms with Gasteiger partial charge < -0.3 is 10.1 Å². The molecule has 0 saturated carbocycles. The van der Waals surface area contributed by atoms with Crippen molar-refractivity contribution in [2.75, 3.05) is 19.7 Å². The van der Waals surface area contributed by atoms with Crippen LogP contribution in [0.3, 0.4) is 0 Å². The van der Waals surface area contributed by atoms with Gasteiger partial charge in [-0.25, -0.2) is 0 Å². The zero-order valence-electron chi connectivity index (χ0n) is 13.9. The molecule has 1 saturated heterocycles. The van der Waals surface area contributed by atoms with Crippen LogP contribution in [0.1, 0.15) is 52.1 Å². The summed E-state index contributed by atoms with van der Waals surface area (Å²) in [5, 5.41) is 3.61. The highest BCUT2D eigenvalue weighted by Crippen LogP contribution is 2.25. The monoisotopic (exact) mass is 290 g/mol. The SMILES string of the molecule is CCOc1ccc(C(C)N(CC2CCCN2)C(C)C)cc1. The van der Waals surface area contributed by atoms with Crippen molar-refractivity contribution < 1.29 is 4.74 Å². The maximum Gasteiger partial charge on any atom is 0.119 e. The molecular weight excluding hydrogens is 260 g/mol. The standard InChI is InChI=1S/C18H30N2O/c1-5-21-18-10-8-16(9-11-18)15(4)20(14(2)3)13-17-7-6-12-19-17/h8-11,14-15,17,19H,5-7,12-13H2,1-4H3. The van der Waals surface area contributed by atoms with Crippen LogP contribution >= 0.6 is 0 Å². The van der Waals surface area contributed by atoms with E-state index in [1.54, 1.807) is 0 Å². The van der Waals surface area contributed by atoms with Crippen LogP contribution in [-0.4, -0.2) is 36.7 Å². The van der Waals surface area contributed by atoms with E-state index < -0.39 is 0 Å². The third-order valence-electron chi connectivity index (χ3n) is 4.43. The fourth-order valence-electron chi connectivity index (χ4n) is 3.18. The number of rotatable bonds is 7. The zero-order chi connectivity index (χ0) is 15.2. The predicted octanol–water partition coefficient (Wildman–Crippen LogP) is 3.61. The van der Waals surface area contributed by atoms with Crippen molar-refractivity contribution in [3.05, 3.63) is 29.8 Å². The second kappa shape index (κ2) is 7.81. The van der Waals surface area contributed by atoms with E-state index in [1.807, 2.05) is 6.92 Å². The van der Waals surface area contributed by atoms with Crippen molar-refractivity contribution in [3.63, 3.8) is 0 Å². The molecule has 0 aromatic heterocycles. The van der Waals surface area contributed by atoms with E-state index in [0.717, 1.165) is 18.9 Å². The summed E-state index contributed by atoms with van der Waals surface area (Å²) in [4.78, 5) is 2.60. The van der Waals surface area contributed by atoms with Gasteiger partial charge in [-0.1, -0.05) is 12.1 Å². The van der Waals surface area contributed by atoms with Gasteiger partial charge in [0.05, 0.1) is 6.61 Å². The van der Waals surface area contributed by atoms with E-state index in [2.05, 4.69) is 55.3 Å². The summed E-state index contributed by atoms with van der Waals surface area (Å²) in [6, 6.07) is 10.2. The number of hydrogen-bond donors (Lipinski definition) is 1. The van der Waals surface area contributed by atoms with E-state index in [-0.39, 0.29) is 0 Å². The molecule has 1 aliphatic heterocycles. The lowest BCUT2D eigenvalue weighted by Gasteiger charge is -2.35. The Bertz CT molecular complexity index is 410. The van der Waals surface area contributed by atoms with E-state index >= 15 is 0 Å². The van der Waals surface area contributed by atoms with Crippen LogP contribution in [0, 0.1) is 0 Å². The molecule has 118 valence electrons. The van der Waals surface area contributed by atoms with Gasteiger partial charge in [-0.15, -0.1) is 0 Å². The Hall–Kier alpha value is -1.06. The Morgan fingerprint density at radius 1 is 1.24 bits per heavy atom. The number of nitrogens with zero attached hydrogens (tertiary/aromatic N) is 1. The Balaban J connectivity index is 2.04. The average molecular weight is 290 g/mol. The first kappa shape index (κ1) is 16.3. The van der Waals surface area contributed by atoms with Gasteiger partial charge in [0.2, 0.25) is 0 Å². The summed E-state index contributed by atoms with van der Waals surface area (Å²) >= 11 is 0. The summed E-state index contributed by atoms with van der Waals surface area (Å²) in [6.07, 6.45) is 2.62. The lowest BCUT2D eigenvalue weighted by molar-refractivity contribution is 0.149. The summed E-state index contributed by atoms with van der Waals surface area (Å²) in [7, 11) is 0. The normalized spacial score (nSPS) is 20.2. The van der Waals surface area contributed by atoms with Crippen molar-refractivity contribution >= 4 is 0 Å². The molecule has 2 unspecified atom stereocenters. The van der Waals surface area contributed by atoms with E-state index in [1.165, 1.54) is 24.9 Å². The predicted molar refractivity (Wildman–Crippen MR) is 88.9 cm³/mol. The largest absolute Gasteiger partial charge is 0.494 e. The molecular formula is C18H30N2O. The first-order valence-corrected chi connectivity index (χ1v) is 8.33. The molecule has 0 aliphatic carbocycles. The summed E-state index contributed by atoms with van der Waals surface area (Å²) in [5.41, 5.74) is 1.37. The van der Waals surface area contributed by atoms with E-state index in [0.29, 0.717) is 18.1 Å². The minimum absolute atomic E-state index is 0.433. The molecule has 1 fully saturated rings. The lowest BCUT2D eigenvalue weighted by Crippen LogP contribution is -2.42. The van der Waals surface area contributed by atoms with Crippen molar-refractivity contribution in [3.8, 4) is 5.75 Å². The summed E-state index contributed by atoms with van der Waals surface area (Å²) in [6.45, 7) is 11.9. The van der Waals surface area contributed by atoms with Crippen LogP contribution in [0.15, 0.2) is 24.3 Å². The molecule has 1 heterocycles. The van der Waals surface area contributed by atoms with Gasteiger partial charge >= 0.3 is 0 Å². The van der Waals surface area contributed by atoms with Gasteiger partial charge in [0.1, 0.15) is 5.75 Å². The fourth-order valence-corrected chi connectivity index (χ4v) is 3.18. The van der Waals surface area contributed by atoms with Crippen LogP contribution in [0.2, 0.25) is 0 Å². The van der Waals surface area contributed by atoms with E-state index in [9.17, 15) is 0 Å². The summed E-state index contributed by atoms with van der Waals surface area (Å²) < 4.78 is 5.53. The Kier molecular flexibility index (Phi) is 6.07. The molecule has 3 heteroatoms. The van der Waals surface area contributed by atoms with Crippen LogP contribution in [0.4, 0.5) is 0 Å². The molecule has 0 amide bonds. The van der Waals surface area contributed by atoms with Crippen molar-refractivity contribution in [1.29, 1.82) is 0 Å². The summed E-state index contributed by atoms with van der Waals surface area (Å²) in [5.74, 6) is 0.960. The molecule has 1 aromatic rings. The lowest BCUT2D eigenvalue weighted by atomic mass is 10.0. The fraction of sp³-hybridized carbons (Fsp3) is 0.667. The zero-order valence-corrected chi connectivity index (χ0v) is 13.9. The molecule has 0 radical (unpaired) electrons. The van der Waals surface area contributed by atoms with Crippen molar-refractivity contribution in [2.24, 2.45) is 0 Å². The molecule has 3 nitrogen and oxygen atoms in total. The number of hydrogen-bond acceptors (Lipinski definition) is 3. The molecule has 1 aliphatic rings. The third-order valence-corrected chi connectivity index (χ3v) is 4.43. The van der Waals surface area contributed by atoms with Crippen LogP contribution in [-0.2, 0) is 0 Å². The molecule has 21 heavy (non-hydrogen) atoms. The van der Waals surface area contributed by atoms with Gasteiger partial charge in [0, 0.05) is 24.7 Å². The molecule has 2 atom stereocenters. The maximum atomic E-state index is 5.53. The topological polar surface area (TPSA) is 24.5 Å². The van der Waals surface area contributed by atoms with Crippen molar-refractivity contribution in [1.82, 2.24) is 10.2 Å². The van der Waals surface area contributed by atoms with Gasteiger partial charge in [-0.3, -0.25) is 4.90 Å². The highest BCUT2D eigenvalue weighted by Gasteiger charge is 2.24. The smallest absolute Gasteiger partial charge is 0.119 e. The third kappa shape index (κ3) is 4.45. The minimum Gasteiger partial charge on any atom is -0.494 e. The second-order valence-corrected chi connectivity index (χ2v) is 6.26. The highest BCUT2D eigenvalue weighted by molar-refractivity contribution is 5.29. The van der Waals surface area contributed by atoms with E-state index in [4.69, 9.17) is 4.74 Å². The molecule has 2 rings (SSSR count). The minimum atomic E-state index is 0.433. The van der Waals surface area contributed by atoms with Gasteiger partial charge in [-0.2, -0.15) is 0 Å². The average Bonchev–Trinajstić information content (AvgIpc) is 2.98. The second-order valence-electron chi connectivity index (χ2n) is 6.26. The number of nitrogens with one attached hydrogen (secondary N) is 1. The first-order valence-electron chi connectivity index (χ1n) is 8.33. The quantitative estimate of drug-likeness (QED) is 0.830. The molecule has 1 N–H and O–H groups in total. The van der Waals surface area contributed by atoms with Gasteiger partial charge in [0.15, 0.2) is 0 Å².